The summed E-state index contributed by atoms with van der Waals surface area (Å²) in [6.45, 7) is 4.96. The zero-order valence-corrected chi connectivity index (χ0v) is 14.5. The van der Waals surface area contributed by atoms with E-state index >= 15 is 0 Å². The smallest absolute Gasteiger partial charge is 0.264 e. The van der Waals surface area contributed by atoms with Crippen molar-refractivity contribution in [3.8, 4) is 11.5 Å². The van der Waals surface area contributed by atoms with Gasteiger partial charge in [0.2, 0.25) is 6.10 Å². The molecule has 3 aliphatic heterocycles. The van der Waals surface area contributed by atoms with E-state index in [0.717, 1.165) is 52.1 Å². The van der Waals surface area contributed by atoms with Crippen LogP contribution in [-0.4, -0.2) is 62.4 Å². The molecule has 0 aliphatic carbocycles. The van der Waals surface area contributed by atoms with Gasteiger partial charge in [0, 0.05) is 19.2 Å². The summed E-state index contributed by atoms with van der Waals surface area (Å²) >= 11 is 0. The van der Waals surface area contributed by atoms with Gasteiger partial charge < -0.3 is 19.5 Å². The van der Waals surface area contributed by atoms with E-state index in [2.05, 4.69) is 10.2 Å². The molecule has 0 radical (unpaired) electrons. The second-order valence-electron chi connectivity index (χ2n) is 7.11. The van der Waals surface area contributed by atoms with Gasteiger partial charge in [0.05, 0.1) is 6.61 Å². The first-order valence-corrected chi connectivity index (χ1v) is 9.27. The molecule has 136 valence electrons. The number of carbonyl (C=O) groups excluding carboxylic acids is 1. The fourth-order valence-electron chi connectivity index (χ4n) is 3.84. The molecular weight excluding hydrogens is 320 g/mol. The maximum absolute atomic E-state index is 12.4. The molecule has 1 aromatic carbocycles. The van der Waals surface area contributed by atoms with Crippen LogP contribution < -0.4 is 14.8 Å². The van der Waals surface area contributed by atoms with Crippen LogP contribution in [0.25, 0.3) is 0 Å². The molecule has 0 unspecified atom stereocenters. The average Bonchev–Trinajstić information content (AvgIpc) is 3.21. The lowest BCUT2D eigenvalue weighted by Crippen LogP contribution is -2.47. The number of hydrogen-bond acceptors (Lipinski definition) is 5. The molecule has 3 heterocycles. The summed E-state index contributed by atoms with van der Waals surface area (Å²) in [5, 5.41) is 3.05. The first kappa shape index (κ1) is 16.7. The number of ether oxygens (including phenoxy) is 3. The Kier molecular flexibility index (Phi) is 5.08. The standard InChI is InChI=1S/C19H26N2O4/c22-19(18-13-24-16-3-1-2-4-17(16)25-18)20-11-14-5-8-21(9-6-14)15-7-10-23-12-15/h1-4,14-15,18H,5-13H2,(H,20,22)/t15-,18+/m0/s1. The summed E-state index contributed by atoms with van der Waals surface area (Å²) in [5.74, 6) is 1.80. The molecule has 2 atom stereocenters. The van der Waals surface area contributed by atoms with Crippen LogP contribution in [0.2, 0.25) is 0 Å². The first-order valence-electron chi connectivity index (χ1n) is 9.27. The van der Waals surface area contributed by atoms with E-state index in [1.807, 2.05) is 24.3 Å². The molecule has 0 spiro atoms. The fourth-order valence-corrected chi connectivity index (χ4v) is 3.84. The van der Waals surface area contributed by atoms with E-state index in [4.69, 9.17) is 14.2 Å². The lowest BCUT2D eigenvalue weighted by Gasteiger charge is -2.35. The van der Waals surface area contributed by atoms with Crippen molar-refractivity contribution in [3.63, 3.8) is 0 Å². The third-order valence-corrected chi connectivity index (χ3v) is 5.44. The topological polar surface area (TPSA) is 60.0 Å². The number of benzene rings is 1. The normalized spacial score (nSPS) is 27.2. The number of rotatable bonds is 4. The third kappa shape index (κ3) is 3.90. The molecule has 6 heteroatoms. The summed E-state index contributed by atoms with van der Waals surface area (Å²) < 4.78 is 16.9. The zero-order valence-electron chi connectivity index (χ0n) is 14.5. The molecular formula is C19H26N2O4. The van der Waals surface area contributed by atoms with Crippen molar-refractivity contribution in [2.75, 3.05) is 39.5 Å². The second-order valence-corrected chi connectivity index (χ2v) is 7.11. The highest BCUT2D eigenvalue weighted by molar-refractivity contribution is 5.81. The molecule has 25 heavy (non-hydrogen) atoms. The molecule has 3 aliphatic rings. The molecule has 1 N–H and O–H groups in total. The highest BCUT2D eigenvalue weighted by Crippen LogP contribution is 2.31. The maximum atomic E-state index is 12.4. The van der Waals surface area contributed by atoms with Crippen molar-refractivity contribution in [1.82, 2.24) is 10.2 Å². The number of nitrogens with zero attached hydrogens (tertiary/aromatic N) is 1. The highest BCUT2D eigenvalue weighted by atomic mass is 16.6. The van der Waals surface area contributed by atoms with Crippen molar-refractivity contribution in [2.24, 2.45) is 5.92 Å². The predicted octanol–water partition coefficient (Wildman–Crippen LogP) is 1.44. The number of likely N-dealkylation sites (tertiary alicyclic amines) is 1. The second kappa shape index (κ2) is 7.62. The Hall–Kier alpha value is -1.79. The lowest BCUT2D eigenvalue weighted by molar-refractivity contribution is -0.130. The largest absolute Gasteiger partial charge is 0.485 e. The van der Waals surface area contributed by atoms with Gasteiger partial charge in [0.15, 0.2) is 11.5 Å². The maximum Gasteiger partial charge on any atom is 0.264 e. The zero-order chi connectivity index (χ0) is 17.1. The molecule has 0 bridgehead atoms. The number of fused-ring (bicyclic) bond motifs is 1. The molecule has 1 amide bonds. The Balaban J connectivity index is 1.21. The van der Waals surface area contributed by atoms with Crippen LogP contribution in [0.15, 0.2) is 24.3 Å². The van der Waals surface area contributed by atoms with Gasteiger partial charge in [-0.1, -0.05) is 12.1 Å². The number of amides is 1. The van der Waals surface area contributed by atoms with Crippen LogP contribution in [0.1, 0.15) is 19.3 Å². The Morgan fingerprint density at radius 2 is 1.92 bits per heavy atom. The summed E-state index contributed by atoms with van der Waals surface area (Å²) in [5.41, 5.74) is 0. The van der Waals surface area contributed by atoms with Crippen molar-refractivity contribution in [3.05, 3.63) is 24.3 Å². The summed E-state index contributed by atoms with van der Waals surface area (Å²) in [6, 6.07) is 8.06. The van der Waals surface area contributed by atoms with Crippen LogP contribution in [0.3, 0.4) is 0 Å². The van der Waals surface area contributed by atoms with Gasteiger partial charge >= 0.3 is 0 Å². The number of carbonyl (C=O) groups is 1. The van der Waals surface area contributed by atoms with E-state index in [0.29, 0.717) is 23.5 Å². The lowest BCUT2D eigenvalue weighted by atomic mass is 9.95. The Morgan fingerprint density at radius 3 is 2.68 bits per heavy atom. The van der Waals surface area contributed by atoms with Crippen LogP contribution in [0.4, 0.5) is 0 Å². The van der Waals surface area contributed by atoms with Gasteiger partial charge in [0.1, 0.15) is 6.61 Å². The van der Waals surface area contributed by atoms with Crippen molar-refractivity contribution in [2.45, 2.75) is 31.4 Å². The van der Waals surface area contributed by atoms with Crippen molar-refractivity contribution < 1.29 is 19.0 Å². The minimum atomic E-state index is -0.564. The van der Waals surface area contributed by atoms with Gasteiger partial charge in [0.25, 0.3) is 5.91 Å². The predicted molar refractivity (Wildman–Crippen MR) is 92.9 cm³/mol. The van der Waals surface area contributed by atoms with Crippen LogP contribution in [0, 0.1) is 5.92 Å². The van der Waals surface area contributed by atoms with Crippen LogP contribution in [0.5, 0.6) is 11.5 Å². The summed E-state index contributed by atoms with van der Waals surface area (Å²) in [7, 11) is 0. The molecule has 0 saturated carbocycles. The minimum Gasteiger partial charge on any atom is -0.485 e. The number of hydrogen-bond donors (Lipinski definition) is 1. The quantitative estimate of drug-likeness (QED) is 0.894. The van der Waals surface area contributed by atoms with Gasteiger partial charge in [-0.25, -0.2) is 0 Å². The highest BCUT2D eigenvalue weighted by Gasteiger charge is 2.30. The van der Waals surface area contributed by atoms with Crippen molar-refractivity contribution in [1.29, 1.82) is 0 Å². The van der Waals surface area contributed by atoms with E-state index in [1.54, 1.807) is 0 Å². The Bertz CT molecular complexity index is 595. The average molecular weight is 346 g/mol. The molecule has 6 nitrogen and oxygen atoms in total. The van der Waals surface area contributed by atoms with Gasteiger partial charge in [-0.15, -0.1) is 0 Å². The van der Waals surface area contributed by atoms with Crippen LogP contribution >= 0.6 is 0 Å². The van der Waals surface area contributed by atoms with E-state index in [9.17, 15) is 4.79 Å². The molecule has 0 aromatic heterocycles. The molecule has 2 saturated heterocycles. The monoisotopic (exact) mass is 346 g/mol. The van der Waals surface area contributed by atoms with Crippen LogP contribution in [-0.2, 0) is 9.53 Å². The Labute approximate surface area is 148 Å². The van der Waals surface area contributed by atoms with Gasteiger partial charge in [-0.2, -0.15) is 0 Å². The number of piperidine rings is 1. The molecule has 1 aromatic rings. The van der Waals surface area contributed by atoms with E-state index < -0.39 is 6.10 Å². The molecule has 2 fully saturated rings. The number of para-hydroxylation sites is 2. The van der Waals surface area contributed by atoms with E-state index in [1.165, 1.54) is 0 Å². The fraction of sp³-hybridized carbons (Fsp3) is 0.632. The first-order chi connectivity index (χ1) is 12.3. The summed E-state index contributed by atoms with van der Waals surface area (Å²) in [4.78, 5) is 14.9. The Morgan fingerprint density at radius 1 is 1.12 bits per heavy atom. The third-order valence-electron chi connectivity index (χ3n) is 5.44. The summed E-state index contributed by atoms with van der Waals surface area (Å²) in [6.07, 6.45) is 2.84. The molecule has 4 rings (SSSR count). The van der Waals surface area contributed by atoms with Gasteiger partial charge in [-0.05, 0) is 50.4 Å². The van der Waals surface area contributed by atoms with Crippen molar-refractivity contribution >= 4 is 5.91 Å². The van der Waals surface area contributed by atoms with Gasteiger partial charge in [-0.3, -0.25) is 9.69 Å². The minimum absolute atomic E-state index is 0.0823. The van der Waals surface area contributed by atoms with E-state index in [-0.39, 0.29) is 12.5 Å². The number of nitrogens with one attached hydrogen (secondary N) is 1. The SMILES string of the molecule is O=C(NCC1CCN([C@H]2CCOC2)CC1)[C@H]1COc2ccccc2O1.